The predicted molar refractivity (Wildman–Crippen MR) is 81.6 cm³/mol. The molecule has 2 aromatic carbocycles. The Labute approximate surface area is 134 Å². The maximum atomic E-state index is 13.0. The van der Waals surface area contributed by atoms with E-state index < -0.39 is 12.1 Å². The largest absolute Gasteiger partial charge is 0.586 e. The zero-order valence-electron chi connectivity index (χ0n) is 12.3. The summed E-state index contributed by atoms with van der Waals surface area (Å²) in [6.07, 6.45) is -3.63. The lowest BCUT2D eigenvalue weighted by Gasteiger charge is -2.07. The molecular formula is C16H12F2N2O4. The molecule has 2 heterocycles. The van der Waals surface area contributed by atoms with Crippen LogP contribution in [0.5, 0.6) is 11.5 Å². The molecule has 4 rings (SSSR count). The minimum atomic E-state index is -3.63. The highest BCUT2D eigenvalue weighted by atomic mass is 19.3. The molecule has 1 N–H and O–H groups in total. The van der Waals surface area contributed by atoms with Gasteiger partial charge in [0.15, 0.2) is 17.1 Å². The number of hydrogen-bond donors (Lipinski definition) is 1. The lowest BCUT2D eigenvalue weighted by atomic mass is 10.3. The normalized spacial score (nSPS) is 14.9. The van der Waals surface area contributed by atoms with Crippen LogP contribution in [-0.4, -0.2) is 17.4 Å². The zero-order valence-corrected chi connectivity index (χ0v) is 12.3. The van der Waals surface area contributed by atoms with Crippen LogP contribution in [0.15, 0.2) is 51.7 Å². The van der Waals surface area contributed by atoms with E-state index in [2.05, 4.69) is 14.8 Å². The second-order valence-corrected chi connectivity index (χ2v) is 5.24. The van der Waals surface area contributed by atoms with Gasteiger partial charge in [-0.15, -0.1) is 8.78 Å². The first kappa shape index (κ1) is 14.6. The first-order valence-corrected chi connectivity index (χ1v) is 7.24. The van der Waals surface area contributed by atoms with Gasteiger partial charge in [0.2, 0.25) is 0 Å². The summed E-state index contributed by atoms with van der Waals surface area (Å²) in [5.74, 6) is -0.484. The first-order chi connectivity index (χ1) is 11.5. The molecule has 8 heteroatoms. The van der Waals surface area contributed by atoms with E-state index >= 15 is 0 Å². The minimum absolute atomic E-state index is 0.0115. The van der Waals surface area contributed by atoms with Gasteiger partial charge in [0, 0.05) is 24.8 Å². The Morgan fingerprint density at radius 1 is 1.08 bits per heavy atom. The van der Waals surface area contributed by atoms with E-state index in [0.29, 0.717) is 29.9 Å². The van der Waals surface area contributed by atoms with Crippen LogP contribution in [0.2, 0.25) is 0 Å². The van der Waals surface area contributed by atoms with Gasteiger partial charge in [-0.25, -0.2) is 4.79 Å². The third kappa shape index (κ3) is 2.55. The highest BCUT2D eigenvalue weighted by molar-refractivity contribution is 5.72. The average molecular weight is 334 g/mol. The van der Waals surface area contributed by atoms with Gasteiger partial charge in [-0.2, -0.15) is 0 Å². The van der Waals surface area contributed by atoms with Crippen molar-refractivity contribution in [2.75, 3.05) is 11.9 Å². The summed E-state index contributed by atoms with van der Waals surface area (Å²) >= 11 is 0. The molecule has 6 nitrogen and oxygen atoms in total. The number of hydrogen-bond acceptors (Lipinski definition) is 5. The summed E-state index contributed by atoms with van der Waals surface area (Å²) in [6, 6.07) is 11.5. The van der Waals surface area contributed by atoms with Crippen molar-refractivity contribution in [1.29, 1.82) is 0 Å². The lowest BCUT2D eigenvalue weighted by molar-refractivity contribution is -0.286. The van der Waals surface area contributed by atoms with E-state index in [0.717, 1.165) is 0 Å². The molecule has 24 heavy (non-hydrogen) atoms. The highest BCUT2D eigenvalue weighted by Crippen LogP contribution is 2.42. The molecule has 0 aliphatic carbocycles. The number of benzene rings is 2. The predicted octanol–water partition coefficient (Wildman–Crippen LogP) is 3.03. The molecule has 0 saturated heterocycles. The Balaban J connectivity index is 1.47. The van der Waals surface area contributed by atoms with Crippen LogP contribution in [0.3, 0.4) is 0 Å². The van der Waals surface area contributed by atoms with Gasteiger partial charge in [0.1, 0.15) is 0 Å². The van der Waals surface area contributed by atoms with Crippen molar-refractivity contribution in [3.05, 3.63) is 53.0 Å². The average Bonchev–Trinajstić information content (AvgIpc) is 3.02. The van der Waals surface area contributed by atoms with Gasteiger partial charge in [0.25, 0.3) is 0 Å². The summed E-state index contributed by atoms with van der Waals surface area (Å²) in [5.41, 5.74) is 1.80. The van der Waals surface area contributed by atoms with E-state index in [1.165, 1.54) is 16.7 Å². The number of aromatic nitrogens is 1. The number of nitrogens with zero attached hydrogens (tertiary/aromatic N) is 1. The van der Waals surface area contributed by atoms with Crippen molar-refractivity contribution in [2.45, 2.75) is 12.8 Å². The number of anilines is 1. The minimum Gasteiger partial charge on any atom is -0.408 e. The number of alkyl halides is 2. The second-order valence-electron chi connectivity index (χ2n) is 5.24. The van der Waals surface area contributed by atoms with Crippen molar-refractivity contribution in [3.8, 4) is 11.5 Å². The maximum Gasteiger partial charge on any atom is 0.586 e. The summed E-state index contributed by atoms with van der Waals surface area (Å²) in [4.78, 5) is 11.9. The van der Waals surface area contributed by atoms with Crippen LogP contribution in [-0.2, 0) is 6.54 Å². The maximum absolute atomic E-state index is 13.0. The number of rotatable bonds is 4. The van der Waals surface area contributed by atoms with Crippen LogP contribution in [0.4, 0.5) is 14.5 Å². The van der Waals surface area contributed by atoms with E-state index in [4.69, 9.17) is 4.42 Å². The molecule has 0 unspecified atom stereocenters. The molecule has 0 bridgehead atoms. The van der Waals surface area contributed by atoms with Crippen molar-refractivity contribution in [3.63, 3.8) is 0 Å². The molecule has 3 aromatic rings. The summed E-state index contributed by atoms with van der Waals surface area (Å²) in [5, 5.41) is 3.05. The number of nitrogens with one attached hydrogen (secondary N) is 1. The Bertz CT molecular complexity index is 964. The number of oxazole rings is 1. The molecular weight excluding hydrogens is 322 g/mol. The van der Waals surface area contributed by atoms with Crippen molar-refractivity contribution in [1.82, 2.24) is 4.57 Å². The smallest absolute Gasteiger partial charge is 0.408 e. The van der Waals surface area contributed by atoms with Crippen molar-refractivity contribution >= 4 is 16.8 Å². The SMILES string of the molecule is O=c1oc2ccccc2n1CCNc1ccc2c(c1)OC(F)(F)O2. The Morgan fingerprint density at radius 3 is 2.75 bits per heavy atom. The van der Waals surface area contributed by atoms with Crippen LogP contribution in [0, 0.1) is 0 Å². The molecule has 0 fully saturated rings. The van der Waals surface area contributed by atoms with Gasteiger partial charge in [-0.3, -0.25) is 4.57 Å². The number of fused-ring (bicyclic) bond motifs is 2. The molecule has 124 valence electrons. The molecule has 0 radical (unpaired) electrons. The molecule has 0 spiro atoms. The third-order valence-electron chi connectivity index (χ3n) is 3.64. The van der Waals surface area contributed by atoms with Crippen LogP contribution in [0.25, 0.3) is 11.1 Å². The van der Waals surface area contributed by atoms with E-state index in [9.17, 15) is 13.6 Å². The van der Waals surface area contributed by atoms with Gasteiger partial charge in [-0.05, 0) is 24.3 Å². The molecule has 1 aromatic heterocycles. The number of halogens is 2. The molecule has 0 amide bonds. The van der Waals surface area contributed by atoms with Crippen LogP contribution < -0.4 is 20.5 Å². The number of para-hydroxylation sites is 2. The fourth-order valence-electron chi connectivity index (χ4n) is 2.60. The Kier molecular flexibility index (Phi) is 3.19. The van der Waals surface area contributed by atoms with E-state index in [1.807, 2.05) is 6.07 Å². The molecule has 1 aliphatic heterocycles. The topological polar surface area (TPSA) is 65.6 Å². The van der Waals surface area contributed by atoms with Crippen LogP contribution >= 0.6 is 0 Å². The fourth-order valence-corrected chi connectivity index (χ4v) is 2.60. The Morgan fingerprint density at radius 2 is 1.88 bits per heavy atom. The van der Waals surface area contributed by atoms with Crippen molar-refractivity contribution < 1.29 is 22.7 Å². The van der Waals surface area contributed by atoms with Crippen molar-refractivity contribution in [2.24, 2.45) is 0 Å². The molecule has 0 atom stereocenters. The van der Waals surface area contributed by atoms with Gasteiger partial charge >= 0.3 is 12.1 Å². The van der Waals surface area contributed by atoms with Gasteiger partial charge in [-0.1, -0.05) is 12.1 Å². The van der Waals surface area contributed by atoms with Gasteiger partial charge < -0.3 is 19.2 Å². The number of ether oxygens (including phenoxy) is 2. The fraction of sp³-hybridized carbons (Fsp3) is 0.188. The molecule has 1 aliphatic rings. The highest BCUT2D eigenvalue weighted by Gasteiger charge is 2.43. The second kappa shape index (κ2) is 5.26. The zero-order chi connectivity index (χ0) is 16.7. The monoisotopic (exact) mass is 334 g/mol. The first-order valence-electron chi connectivity index (χ1n) is 7.24. The van der Waals surface area contributed by atoms with Gasteiger partial charge in [0.05, 0.1) is 5.52 Å². The van der Waals surface area contributed by atoms with E-state index in [1.54, 1.807) is 24.3 Å². The summed E-state index contributed by atoms with van der Waals surface area (Å²) < 4.78 is 41.4. The third-order valence-corrected chi connectivity index (χ3v) is 3.64. The molecule has 0 saturated carbocycles. The summed E-state index contributed by atoms with van der Waals surface area (Å²) in [7, 11) is 0. The quantitative estimate of drug-likeness (QED) is 0.794. The Hall–Kier alpha value is -3.03. The lowest BCUT2D eigenvalue weighted by Crippen LogP contribution is -2.25. The van der Waals surface area contributed by atoms with E-state index in [-0.39, 0.29) is 11.5 Å². The summed E-state index contributed by atoms with van der Waals surface area (Å²) in [6.45, 7) is 0.764. The van der Waals surface area contributed by atoms with Crippen LogP contribution in [0.1, 0.15) is 0 Å². The standard InChI is InChI=1S/C16H12F2N2O4/c17-16(18)23-13-6-5-10(9-14(13)24-16)19-7-8-20-11-3-1-2-4-12(11)22-15(20)21/h1-6,9,19H,7-8H2.